The van der Waals surface area contributed by atoms with Gasteiger partial charge in [-0.3, -0.25) is 9.00 Å². The van der Waals surface area contributed by atoms with E-state index >= 15 is 0 Å². The first-order valence-electron chi connectivity index (χ1n) is 8.56. The second-order valence-corrected chi connectivity index (χ2v) is 8.06. The van der Waals surface area contributed by atoms with Crippen LogP contribution in [-0.4, -0.2) is 19.9 Å². The molecule has 5 nitrogen and oxygen atoms in total. The third-order valence-corrected chi connectivity index (χ3v) is 5.69. The lowest BCUT2D eigenvalue weighted by molar-refractivity contribution is -0.115. The van der Waals surface area contributed by atoms with Gasteiger partial charge < -0.3 is 5.32 Å². The number of nitrogens with one attached hydrogen (secondary N) is 1. The van der Waals surface area contributed by atoms with Gasteiger partial charge in [0.05, 0.1) is 29.3 Å². The third-order valence-electron chi connectivity index (χ3n) is 4.48. The van der Waals surface area contributed by atoms with Crippen molar-refractivity contribution in [2.24, 2.45) is 0 Å². The van der Waals surface area contributed by atoms with Gasteiger partial charge >= 0.3 is 0 Å². The predicted octanol–water partition coefficient (Wildman–Crippen LogP) is 3.26. The van der Waals surface area contributed by atoms with Crippen molar-refractivity contribution in [1.82, 2.24) is 9.78 Å². The number of anilines is 1. The molecule has 0 bridgehead atoms. The molecule has 1 N–H and O–H groups in total. The van der Waals surface area contributed by atoms with Gasteiger partial charge in [-0.2, -0.15) is 5.10 Å². The van der Waals surface area contributed by atoms with Crippen LogP contribution in [0.5, 0.6) is 0 Å². The van der Waals surface area contributed by atoms with Gasteiger partial charge in [0.1, 0.15) is 11.6 Å². The zero-order valence-corrected chi connectivity index (χ0v) is 15.6. The standard InChI is InChI=1S/C20H18FN3O2S/c1-13-2-8-16(9-3-13)24-20(17-11-27(26)12-18(17)23-24)22-19(25)10-14-4-6-15(21)7-5-14/h2-9H,10-12H2,1H3,(H,22,25)/t27-/m0/s1. The molecule has 2 aromatic carbocycles. The average Bonchev–Trinajstić information content (AvgIpc) is 3.15. The maximum absolute atomic E-state index is 13.0. The molecule has 0 saturated carbocycles. The Hall–Kier alpha value is -2.80. The maximum atomic E-state index is 13.0. The molecule has 0 aliphatic carbocycles. The number of amides is 1. The third kappa shape index (κ3) is 3.68. The number of carbonyl (C=O) groups is 1. The number of halogens is 1. The van der Waals surface area contributed by atoms with E-state index in [-0.39, 0.29) is 18.1 Å². The van der Waals surface area contributed by atoms with Crippen LogP contribution in [0.3, 0.4) is 0 Å². The van der Waals surface area contributed by atoms with Crippen LogP contribution in [0.1, 0.15) is 22.4 Å². The first-order chi connectivity index (χ1) is 13.0. The van der Waals surface area contributed by atoms with E-state index in [1.54, 1.807) is 16.8 Å². The molecule has 1 aromatic heterocycles. The number of hydrogen-bond acceptors (Lipinski definition) is 3. The SMILES string of the molecule is Cc1ccc(-n2nc3c(c2NC(=O)Cc2ccc(F)cc2)C[S@](=O)C3)cc1. The first kappa shape index (κ1) is 17.6. The molecule has 0 radical (unpaired) electrons. The van der Waals surface area contributed by atoms with E-state index in [9.17, 15) is 13.4 Å². The highest BCUT2D eigenvalue weighted by Crippen LogP contribution is 2.31. The molecule has 2 heterocycles. The van der Waals surface area contributed by atoms with E-state index in [1.165, 1.54) is 12.1 Å². The van der Waals surface area contributed by atoms with Crippen LogP contribution in [0.15, 0.2) is 48.5 Å². The molecule has 27 heavy (non-hydrogen) atoms. The van der Waals surface area contributed by atoms with E-state index in [1.807, 2.05) is 31.2 Å². The minimum absolute atomic E-state index is 0.122. The Morgan fingerprint density at radius 1 is 1.15 bits per heavy atom. The Kier molecular flexibility index (Phi) is 4.61. The molecule has 0 unspecified atom stereocenters. The molecule has 1 amide bonds. The fourth-order valence-electron chi connectivity index (χ4n) is 3.09. The molecule has 0 saturated heterocycles. The molecule has 138 valence electrons. The fraction of sp³-hybridized carbons (Fsp3) is 0.200. The van der Waals surface area contributed by atoms with Crippen molar-refractivity contribution in [3.63, 3.8) is 0 Å². The number of aryl methyl sites for hydroxylation is 1. The van der Waals surface area contributed by atoms with Gasteiger partial charge in [-0.15, -0.1) is 0 Å². The lowest BCUT2D eigenvalue weighted by Crippen LogP contribution is -2.18. The monoisotopic (exact) mass is 383 g/mol. The van der Waals surface area contributed by atoms with Crippen molar-refractivity contribution in [2.75, 3.05) is 5.32 Å². The quantitative estimate of drug-likeness (QED) is 0.752. The molecule has 1 atom stereocenters. The molecule has 0 spiro atoms. The van der Waals surface area contributed by atoms with Gasteiger partial charge in [-0.05, 0) is 36.8 Å². The van der Waals surface area contributed by atoms with Crippen molar-refractivity contribution in [3.05, 3.63) is 76.7 Å². The average molecular weight is 383 g/mol. The minimum Gasteiger partial charge on any atom is -0.310 e. The lowest BCUT2D eigenvalue weighted by atomic mass is 10.1. The van der Waals surface area contributed by atoms with Crippen LogP contribution in [0.4, 0.5) is 10.2 Å². The highest BCUT2D eigenvalue weighted by molar-refractivity contribution is 7.83. The van der Waals surface area contributed by atoms with Gasteiger partial charge in [0, 0.05) is 16.4 Å². The summed E-state index contributed by atoms with van der Waals surface area (Å²) in [5.41, 5.74) is 4.25. The van der Waals surface area contributed by atoms with Crippen LogP contribution < -0.4 is 5.32 Å². The number of carbonyl (C=O) groups excluding carboxylic acids is 1. The Morgan fingerprint density at radius 2 is 1.85 bits per heavy atom. The summed E-state index contributed by atoms with van der Waals surface area (Å²) in [6.45, 7) is 2.00. The largest absolute Gasteiger partial charge is 0.310 e. The summed E-state index contributed by atoms with van der Waals surface area (Å²) in [4.78, 5) is 12.6. The normalized spacial score (nSPS) is 15.6. The van der Waals surface area contributed by atoms with Crippen LogP contribution in [0, 0.1) is 12.7 Å². The number of benzene rings is 2. The van der Waals surface area contributed by atoms with E-state index < -0.39 is 10.8 Å². The Balaban J connectivity index is 1.64. The highest BCUT2D eigenvalue weighted by atomic mass is 32.2. The Labute approximate surface area is 158 Å². The van der Waals surface area contributed by atoms with Gasteiger partial charge in [-0.25, -0.2) is 9.07 Å². The van der Waals surface area contributed by atoms with Crippen LogP contribution in [0.25, 0.3) is 5.69 Å². The number of hydrogen-bond donors (Lipinski definition) is 1. The maximum Gasteiger partial charge on any atom is 0.229 e. The van der Waals surface area contributed by atoms with E-state index in [0.29, 0.717) is 17.3 Å². The summed E-state index contributed by atoms with van der Waals surface area (Å²) in [7, 11) is -0.991. The van der Waals surface area contributed by atoms with Gasteiger partial charge in [-0.1, -0.05) is 29.8 Å². The molecule has 1 aliphatic rings. The summed E-state index contributed by atoms with van der Waals surface area (Å²) in [6, 6.07) is 13.7. The first-order valence-corrected chi connectivity index (χ1v) is 10.1. The molecule has 0 fully saturated rings. The molecular formula is C20H18FN3O2S. The van der Waals surface area contributed by atoms with E-state index in [4.69, 9.17) is 0 Å². The van der Waals surface area contributed by atoms with Crippen molar-refractivity contribution >= 4 is 22.5 Å². The summed E-state index contributed by atoms with van der Waals surface area (Å²) >= 11 is 0. The van der Waals surface area contributed by atoms with E-state index in [2.05, 4.69) is 10.4 Å². The highest BCUT2D eigenvalue weighted by Gasteiger charge is 2.28. The van der Waals surface area contributed by atoms with Crippen molar-refractivity contribution in [3.8, 4) is 5.69 Å². The summed E-state index contributed by atoms with van der Waals surface area (Å²) in [5, 5.41) is 7.49. The molecular weight excluding hydrogens is 365 g/mol. The second kappa shape index (κ2) is 7.08. The number of nitrogens with zero attached hydrogens (tertiary/aromatic N) is 2. The van der Waals surface area contributed by atoms with Crippen molar-refractivity contribution in [2.45, 2.75) is 24.9 Å². The number of aromatic nitrogens is 2. The molecule has 4 rings (SSSR count). The van der Waals surface area contributed by atoms with Crippen LogP contribution in [-0.2, 0) is 33.5 Å². The molecule has 7 heteroatoms. The number of fused-ring (bicyclic) bond motifs is 1. The molecule has 1 aliphatic heterocycles. The minimum atomic E-state index is -0.991. The fourth-order valence-corrected chi connectivity index (χ4v) is 4.36. The van der Waals surface area contributed by atoms with E-state index in [0.717, 1.165) is 28.1 Å². The summed E-state index contributed by atoms with van der Waals surface area (Å²) in [6.07, 6.45) is 0.122. The van der Waals surface area contributed by atoms with Crippen LogP contribution >= 0.6 is 0 Å². The second-order valence-electron chi connectivity index (χ2n) is 6.60. The summed E-state index contributed by atoms with van der Waals surface area (Å²) in [5.74, 6) is 0.779. The van der Waals surface area contributed by atoms with Crippen LogP contribution in [0.2, 0.25) is 0 Å². The van der Waals surface area contributed by atoms with Crippen molar-refractivity contribution in [1.29, 1.82) is 0 Å². The number of rotatable bonds is 4. The zero-order valence-electron chi connectivity index (χ0n) is 14.7. The Bertz CT molecular complexity index is 1030. The Morgan fingerprint density at radius 3 is 2.56 bits per heavy atom. The molecule has 3 aromatic rings. The smallest absolute Gasteiger partial charge is 0.229 e. The van der Waals surface area contributed by atoms with Gasteiger partial charge in [0.15, 0.2) is 0 Å². The van der Waals surface area contributed by atoms with Gasteiger partial charge in [0.25, 0.3) is 0 Å². The van der Waals surface area contributed by atoms with Gasteiger partial charge in [0.2, 0.25) is 5.91 Å². The summed E-state index contributed by atoms with van der Waals surface area (Å²) < 4.78 is 26.7. The predicted molar refractivity (Wildman–Crippen MR) is 103 cm³/mol. The zero-order chi connectivity index (χ0) is 19.0. The van der Waals surface area contributed by atoms with Crippen molar-refractivity contribution < 1.29 is 13.4 Å². The lowest BCUT2D eigenvalue weighted by Gasteiger charge is -2.11. The topological polar surface area (TPSA) is 64.0 Å².